The molecule has 3 nitrogen and oxygen atoms in total. The van der Waals surface area contributed by atoms with Gasteiger partial charge in [0.1, 0.15) is 12.4 Å². The number of hydrogen-bond donors (Lipinski definition) is 1. The molecular formula is C17H24O3. The second-order valence-electron chi connectivity index (χ2n) is 4.57. The monoisotopic (exact) mass is 276 g/mol. The Hall–Kier alpha value is -1.50. The fourth-order valence-corrected chi connectivity index (χ4v) is 1.65. The van der Waals surface area contributed by atoms with Crippen LogP contribution in [0.1, 0.15) is 37.3 Å². The summed E-state index contributed by atoms with van der Waals surface area (Å²) in [7, 11) is 0. The third kappa shape index (κ3) is 6.60. The molecule has 0 aliphatic heterocycles. The molecule has 0 atom stereocenters. The van der Waals surface area contributed by atoms with E-state index in [4.69, 9.17) is 14.6 Å². The summed E-state index contributed by atoms with van der Waals surface area (Å²) in [5.74, 6) is 6.81. The molecule has 0 fully saturated rings. The minimum Gasteiger partial charge on any atom is -0.491 e. The summed E-state index contributed by atoms with van der Waals surface area (Å²) in [6.07, 6.45) is 2.76. The van der Waals surface area contributed by atoms with Crippen LogP contribution in [0.2, 0.25) is 0 Å². The van der Waals surface area contributed by atoms with Crippen LogP contribution >= 0.6 is 0 Å². The van der Waals surface area contributed by atoms with Crippen molar-refractivity contribution in [2.45, 2.75) is 33.1 Å². The van der Waals surface area contributed by atoms with Gasteiger partial charge in [0.2, 0.25) is 0 Å². The molecule has 110 valence electrons. The molecule has 0 saturated carbocycles. The summed E-state index contributed by atoms with van der Waals surface area (Å²) in [4.78, 5) is 0. The molecule has 1 N–H and O–H groups in total. The van der Waals surface area contributed by atoms with Crippen molar-refractivity contribution in [2.24, 2.45) is 0 Å². The number of hydrogen-bond acceptors (Lipinski definition) is 3. The molecule has 0 radical (unpaired) electrons. The van der Waals surface area contributed by atoms with Gasteiger partial charge in [0.05, 0.1) is 13.2 Å². The zero-order valence-corrected chi connectivity index (χ0v) is 12.4. The minimum absolute atomic E-state index is 0.102. The number of benzene rings is 1. The van der Waals surface area contributed by atoms with E-state index in [9.17, 15) is 0 Å². The van der Waals surface area contributed by atoms with E-state index in [1.54, 1.807) is 0 Å². The van der Waals surface area contributed by atoms with Gasteiger partial charge < -0.3 is 14.6 Å². The topological polar surface area (TPSA) is 38.7 Å². The number of rotatable bonds is 8. The van der Waals surface area contributed by atoms with E-state index in [1.165, 1.54) is 0 Å². The largest absolute Gasteiger partial charge is 0.491 e. The van der Waals surface area contributed by atoms with Crippen molar-refractivity contribution in [1.82, 2.24) is 0 Å². The zero-order chi connectivity index (χ0) is 14.6. The van der Waals surface area contributed by atoms with Crippen LogP contribution in [0.4, 0.5) is 0 Å². The Labute approximate surface area is 121 Å². The average Bonchev–Trinajstić information content (AvgIpc) is 2.45. The molecule has 0 heterocycles. The van der Waals surface area contributed by atoms with Crippen molar-refractivity contribution in [3.63, 3.8) is 0 Å². The van der Waals surface area contributed by atoms with Gasteiger partial charge in [-0.15, -0.1) is 0 Å². The average molecular weight is 276 g/mol. The maximum absolute atomic E-state index is 8.70. The third-order valence-electron chi connectivity index (χ3n) is 2.80. The maximum Gasteiger partial charge on any atom is 0.119 e. The standard InChI is InChI=1S/C17H24O3/c1-3-4-11-19-12-13-20-17-9-8-16(15(2)14-17)7-5-6-10-18/h8-9,14,18H,3-4,6,10-13H2,1-2H3. The molecular weight excluding hydrogens is 252 g/mol. The first-order chi connectivity index (χ1) is 9.77. The van der Waals surface area contributed by atoms with E-state index in [-0.39, 0.29) is 6.61 Å². The van der Waals surface area contributed by atoms with Crippen molar-refractivity contribution in [3.8, 4) is 17.6 Å². The minimum atomic E-state index is 0.102. The molecule has 3 heteroatoms. The predicted molar refractivity (Wildman–Crippen MR) is 81.0 cm³/mol. The lowest BCUT2D eigenvalue weighted by atomic mass is 10.1. The summed E-state index contributed by atoms with van der Waals surface area (Å²) in [6.45, 7) is 6.25. The van der Waals surface area contributed by atoms with Gasteiger partial charge in [-0.05, 0) is 37.1 Å². The van der Waals surface area contributed by atoms with Gasteiger partial charge in [0.15, 0.2) is 0 Å². The zero-order valence-electron chi connectivity index (χ0n) is 12.4. The maximum atomic E-state index is 8.70. The normalized spacial score (nSPS) is 9.95. The Kier molecular flexibility index (Phi) is 8.53. The van der Waals surface area contributed by atoms with Crippen molar-refractivity contribution < 1.29 is 14.6 Å². The smallest absolute Gasteiger partial charge is 0.119 e. The second kappa shape index (κ2) is 10.3. The van der Waals surface area contributed by atoms with E-state index >= 15 is 0 Å². The third-order valence-corrected chi connectivity index (χ3v) is 2.80. The number of ether oxygens (including phenoxy) is 2. The molecule has 0 spiro atoms. The quantitative estimate of drug-likeness (QED) is 0.586. The summed E-state index contributed by atoms with van der Waals surface area (Å²) in [5.41, 5.74) is 2.06. The molecule has 0 saturated heterocycles. The highest BCUT2D eigenvalue weighted by Crippen LogP contribution is 2.16. The Morgan fingerprint density at radius 3 is 2.75 bits per heavy atom. The van der Waals surface area contributed by atoms with Crippen LogP contribution in [0.5, 0.6) is 5.75 Å². The van der Waals surface area contributed by atoms with Gasteiger partial charge in [-0.2, -0.15) is 0 Å². The highest BCUT2D eigenvalue weighted by molar-refractivity contribution is 5.44. The highest BCUT2D eigenvalue weighted by Gasteiger charge is 1.99. The number of aryl methyl sites for hydroxylation is 1. The molecule has 0 aliphatic rings. The summed E-state index contributed by atoms with van der Waals surface area (Å²) >= 11 is 0. The van der Waals surface area contributed by atoms with Crippen LogP contribution in [0.25, 0.3) is 0 Å². The van der Waals surface area contributed by atoms with E-state index in [2.05, 4.69) is 18.8 Å². The fourth-order valence-electron chi connectivity index (χ4n) is 1.65. The van der Waals surface area contributed by atoms with E-state index < -0.39 is 0 Å². The molecule has 20 heavy (non-hydrogen) atoms. The predicted octanol–water partition coefficient (Wildman–Crippen LogP) is 2.92. The number of aliphatic hydroxyl groups excluding tert-OH is 1. The summed E-state index contributed by atoms with van der Waals surface area (Å²) in [5, 5.41) is 8.70. The Balaban J connectivity index is 2.38. The van der Waals surface area contributed by atoms with Gasteiger partial charge in [0.25, 0.3) is 0 Å². The SMILES string of the molecule is CCCCOCCOc1ccc(C#CCCO)c(C)c1. The first-order valence-corrected chi connectivity index (χ1v) is 7.19. The summed E-state index contributed by atoms with van der Waals surface area (Å²) in [6, 6.07) is 5.85. The first kappa shape index (κ1) is 16.6. The molecule has 0 bridgehead atoms. The molecule has 0 aromatic heterocycles. The van der Waals surface area contributed by atoms with Gasteiger partial charge in [-0.3, -0.25) is 0 Å². The summed E-state index contributed by atoms with van der Waals surface area (Å²) < 4.78 is 11.1. The highest BCUT2D eigenvalue weighted by atomic mass is 16.5. The lowest BCUT2D eigenvalue weighted by molar-refractivity contribution is 0.0980. The molecule has 1 aromatic carbocycles. The van der Waals surface area contributed by atoms with Crippen LogP contribution < -0.4 is 4.74 Å². The van der Waals surface area contributed by atoms with Crippen LogP contribution in [0, 0.1) is 18.8 Å². The number of unbranched alkanes of at least 4 members (excludes halogenated alkanes) is 1. The van der Waals surface area contributed by atoms with Crippen molar-refractivity contribution in [3.05, 3.63) is 29.3 Å². The van der Waals surface area contributed by atoms with Crippen molar-refractivity contribution in [1.29, 1.82) is 0 Å². The van der Waals surface area contributed by atoms with E-state index in [0.717, 1.165) is 36.3 Å². The molecule has 0 amide bonds. The Morgan fingerprint density at radius 2 is 2.05 bits per heavy atom. The number of aliphatic hydroxyl groups is 1. The molecule has 0 unspecified atom stereocenters. The second-order valence-corrected chi connectivity index (χ2v) is 4.57. The Bertz CT molecular complexity index is 443. The van der Waals surface area contributed by atoms with Crippen molar-refractivity contribution >= 4 is 0 Å². The van der Waals surface area contributed by atoms with E-state index in [1.807, 2.05) is 25.1 Å². The van der Waals surface area contributed by atoms with Crippen LogP contribution in [-0.2, 0) is 4.74 Å². The first-order valence-electron chi connectivity index (χ1n) is 7.19. The van der Waals surface area contributed by atoms with Gasteiger partial charge >= 0.3 is 0 Å². The van der Waals surface area contributed by atoms with Gasteiger partial charge in [0, 0.05) is 18.6 Å². The van der Waals surface area contributed by atoms with Gasteiger partial charge in [-0.1, -0.05) is 25.2 Å². The Morgan fingerprint density at radius 1 is 1.20 bits per heavy atom. The molecule has 1 aromatic rings. The van der Waals surface area contributed by atoms with E-state index in [0.29, 0.717) is 19.6 Å². The fraction of sp³-hybridized carbons (Fsp3) is 0.529. The van der Waals surface area contributed by atoms with Gasteiger partial charge in [-0.25, -0.2) is 0 Å². The van der Waals surface area contributed by atoms with Crippen molar-refractivity contribution in [2.75, 3.05) is 26.4 Å². The molecule has 1 rings (SSSR count). The van der Waals surface area contributed by atoms with Crippen LogP contribution in [-0.4, -0.2) is 31.5 Å². The van der Waals surface area contributed by atoms with Crippen LogP contribution in [0.3, 0.4) is 0 Å². The lowest BCUT2D eigenvalue weighted by Gasteiger charge is -2.08. The lowest BCUT2D eigenvalue weighted by Crippen LogP contribution is -2.07. The molecule has 0 aliphatic carbocycles. The van der Waals surface area contributed by atoms with Crippen LogP contribution in [0.15, 0.2) is 18.2 Å².